The van der Waals surface area contributed by atoms with Crippen LogP contribution in [0.1, 0.15) is 34.7 Å². The minimum absolute atomic E-state index is 0.0511. The molecule has 0 bridgehead atoms. The molecular weight excluding hydrogens is 738 g/mol. The Morgan fingerprint density at radius 3 is 2.41 bits per heavy atom. The Hall–Kier alpha value is -2.64. The zero-order valence-electron chi connectivity index (χ0n) is 21.5. The van der Waals surface area contributed by atoms with Crippen LogP contribution in [0.15, 0.2) is 70.0 Å². The SMILES string of the molecule is COc1ccc([C@H]2C3=C(N=c4s/c(=C/c5cc(I)c(OC)c(I)c5)c(=O)n42)c2ccccc2CC3)cc1OC. The van der Waals surface area contributed by atoms with E-state index < -0.39 is 0 Å². The normalized spacial score (nSPS) is 16.2. The molecule has 198 valence electrons. The van der Waals surface area contributed by atoms with Gasteiger partial charge in [-0.25, -0.2) is 4.99 Å². The molecule has 3 aromatic carbocycles. The number of rotatable bonds is 5. The lowest BCUT2D eigenvalue weighted by Gasteiger charge is -2.31. The average molecular weight is 762 g/mol. The number of aryl methyl sites for hydroxylation is 1. The fourth-order valence-corrected chi connectivity index (χ4v) is 8.61. The number of methoxy groups -OCH3 is 3. The van der Waals surface area contributed by atoms with Crippen LogP contribution in [0.5, 0.6) is 17.2 Å². The molecule has 1 aliphatic heterocycles. The fraction of sp³-hybridized carbons (Fsp3) is 0.200. The molecule has 0 unspecified atom stereocenters. The lowest BCUT2D eigenvalue weighted by molar-refractivity contribution is 0.354. The summed E-state index contributed by atoms with van der Waals surface area (Å²) in [5, 5.41) is 0. The summed E-state index contributed by atoms with van der Waals surface area (Å²) in [5.41, 5.74) is 6.41. The molecule has 39 heavy (non-hydrogen) atoms. The standard InChI is InChI=1S/C30H24I2N2O4S/c1-36-23-11-9-18(15-24(23)37-2)27-20-10-8-17-6-4-5-7-19(17)26(20)33-30-34(27)29(35)25(39-30)14-16-12-21(31)28(38-3)22(32)13-16/h4-7,9,11-15,27H,8,10H2,1-3H3/b25-14+/t27-/m0/s1. The molecule has 6 rings (SSSR count). The Bertz CT molecular complexity index is 1820. The molecule has 0 saturated carbocycles. The van der Waals surface area contributed by atoms with E-state index in [4.69, 9.17) is 19.2 Å². The maximum absolute atomic E-state index is 14.1. The second kappa shape index (κ2) is 10.7. The van der Waals surface area contributed by atoms with Gasteiger partial charge >= 0.3 is 0 Å². The molecule has 0 spiro atoms. The van der Waals surface area contributed by atoms with Crippen molar-refractivity contribution in [2.75, 3.05) is 21.3 Å². The predicted octanol–water partition coefficient (Wildman–Crippen LogP) is 5.55. The number of thiazole rings is 1. The van der Waals surface area contributed by atoms with Crippen LogP contribution in [0.25, 0.3) is 11.8 Å². The van der Waals surface area contributed by atoms with Crippen molar-refractivity contribution in [2.45, 2.75) is 18.9 Å². The summed E-state index contributed by atoms with van der Waals surface area (Å²) in [6.45, 7) is 0. The lowest BCUT2D eigenvalue weighted by atomic mass is 9.83. The van der Waals surface area contributed by atoms with Crippen LogP contribution in [0.3, 0.4) is 0 Å². The lowest BCUT2D eigenvalue weighted by Crippen LogP contribution is -2.38. The van der Waals surface area contributed by atoms with Crippen molar-refractivity contribution in [1.82, 2.24) is 4.57 Å². The first-order valence-electron chi connectivity index (χ1n) is 12.3. The second-order valence-corrected chi connectivity index (χ2v) is 12.6. The molecule has 4 aromatic rings. The largest absolute Gasteiger partial charge is 0.495 e. The van der Waals surface area contributed by atoms with Crippen LogP contribution in [0.4, 0.5) is 0 Å². The highest BCUT2D eigenvalue weighted by molar-refractivity contribution is 14.1. The van der Waals surface area contributed by atoms with Gasteiger partial charge in [0.1, 0.15) is 5.75 Å². The Morgan fingerprint density at radius 1 is 0.949 bits per heavy atom. The first-order valence-corrected chi connectivity index (χ1v) is 15.3. The van der Waals surface area contributed by atoms with Crippen molar-refractivity contribution in [2.24, 2.45) is 4.99 Å². The maximum atomic E-state index is 14.1. The summed E-state index contributed by atoms with van der Waals surface area (Å²) < 4.78 is 21.1. The minimum Gasteiger partial charge on any atom is -0.495 e. The van der Waals surface area contributed by atoms with Crippen LogP contribution in [0.2, 0.25) is 0 Å². The minimum atomic E-state index is -0.289. The second-order valence-electron chi connectivity index (χ2n) is 9.25. The van der Waals surface area contributed by atoms with Crippen LogP contribution >= 0.6 is 56.5 Å². The Labute approximate surface area is 256 Å². The van der Waals surface area contributed by atoms with E-state index in [1.54, 1.807) is 21.3 Å². The maximum Gasteiger partial charge on any atom is 0.271 e. The number of nitrogens with zero attached hydrogens (tertiary/aromatic N) is 2. The Kier molecular flexibility index (Phi) is 7.32. The number of aromatic nitrogens is 1. The summed E-state index contributed by atoms with van der Waals surface area (Å²) in [6, 6.07) is 18.1. The van der Waals surface area contributed by atoms with Gasteiger partial charge in [-0.3, -0.25) is 9.36 Å². The van der Waals surface area contributed by atoms with Gasteiger partial charge in [-0.2, -0.15) is 0 Å². The molecule has 0 saturated heterocycles. The molecule has 1 atom stereocenters. The van der Waals surface area contributed by atoms with Crippen LogP contribution < -0.4 is 29.1 Å². The zero-order chi connectivity index (χ0) is 27.3. The number of hydrogen-bond donors (Lipinski definition) is 0. The van der Waals surface area contributed by atoms with Crippen LogP contribution in [-0.4, -0.2) is 25.9 Å². The van der Waals surface area contributed by atoms with Crippen molar-refractivity contribution in [3.8, 4) is 17.2 Å². The van der Waals surface area contributed by atoms with Gasteiger partial charge in [-0.1, -0.05) is 41.7 Å². The molecule has 9 heteroatoms. The van der Waals surface area contributed by atoms with Crippen molar-refractivity contribution < 1.29 is 14.2 Å². The highest BCUT2D eigenvalue weighted by Gasteiger charge is 2.33. The monoisotopic (exact) mass is 762 g/mol. The van der Waals surface area contributed by atoms with Gasteiger partial charge < -0.3 is 14.2 Å². The van der Waals surface area contributed by atoms with E-state index in [0.717, 1.165) is 53.7 Å². The van der Waals surface area contributed by atoms with Gasteiger partial charge in [0.15, 0.2) is 16.3 Å². The smallest absolute Gasteiger partial charge is 0.271 e. The van der Waals surface area contributed by atoms with Crippen molar-refractivity contribution in [3.63, 3.8) is 0 Å². The summed E-state index contributed by atoms with van der Waals surface area (Å²) in [7, 11) is 4.93. The number of ether oxygens (including phenoxy) is 3. The zero-order valence-corrected chi connectivity index (χ0v) is 26.6. The van der Waals surface area contributed by atoms with E-state index in [0.29, 0.717) is 20.8 Å². The van der Waals surface area contributed by atoms with Gasteiger partial charge in [-0.05, 0) is 111 Å². The van der Waals surface area contributed by atoms with Crippen molar-refractivity contribution >= 4 is 68.3 Å². The van der Waals surface area contributed by atoms with E-state index in [1.165, 1.54) is 16.9 Å². The number of hydrogen-bond acceptors (Lipinski definition) is 6. The molecule has 1 aliphatic carbocycles. The molecule has 0 N–H and O–H groups in total. The number of allylic oxidation sites excluding steroid dienone is 1. The number of fused-ring (bicyclic) bond motifs is 3. The van der Waals surface area contributed by atoms with E-state index in [-0.39, 0.29) is 11.6 Å². The van der Waals surface area contributed by atoms with Crippen LogP contribution in [0, 0.1) is 7.14 Å². The van der Waals surface area contributed by atoms with Crippen LogP contribution in [-0.2, 0) is 6.42 Å². The van der Waals surface area contributed by atoms with E-state index in [2.05, 4.69) is 69.4 Å². The molecule has 2 heterocycles. The average Bonchev–Trinajstić information content (AvgIpc) is 3.25. The summed E-state index contributed by atoms with van der Waals surface area (Å²) in [6.07, 6.45) is 3.69. The third-order valence-corrected chi connectivity index (χ3v) is 9.70. The molecule has 0 fully saturated rings. The number of benzene rings is 3. The first kappa shape index (κ1) is 26.6. The molecule has 0 radical (unpaired) electrons. The first-order chi connectivity index (χ1) is 18.9. The van der Waals surface area contributed by atoms with Gasteiger partial charge in [0.05, 0.1) is 44.7 Å². The highest BCUT2D eigenvalue weighted by Crippen LogP contribution is 2.42. The Balaban J connectivity index is 1.60. The molecule has 6 nitrogen and oxygen atoms in total. The van der Waals surface area contributed by atoms with Gasteiger partial charge in [0, 0.05) is 5.56 Å². The van der Waals surface area contributed by atoms with Crippen molar-refractivity contribution in [3.05, 3.63) is 109 Å². The predicted molar refractivity (Wildman–Crippen MR) is 171 cm³/mol. The third kappa shape index (κ3) is 4.61. The van der Waals surface area contributed by atoms with E-state index in [1.807, 2.05) is 41.0 Å². The molecule has 1 aromatic heterocycles. The number of halogens is 2. The van der Waals surface area contributed by atoms with Gasteiger partial charge in [0.25, 0.3) is 5.56 Å². The van der Waals surface area contributed by atoms with E-state index >= 15 is 0 Å². The fourth-order valence-electron chi connectivity index (χ4n) is 5.35. The molecule has 2 aliphatic rings. The van der Waals surface area contributed by atoms with Gasteiger partial charge in [0.2, 0.25) is 0 Å². The molecule has 0 amide bonds. The van der Waals surface area contributed by atoms with E-state index in [9.17, 15) is 4.79 Å². The topological polar surface area (TPSA) is 62.0 Å². The van der Waals surface area contributed by atoms with Gasteiger partial charge in [-0.15, -0.1) is 0 Å². The summed E-state index contributed by atoms with van der Waals surface area (Å²) in [4.78, 5) is 19.9. The Morgan fingerprint density at radius 2 is 1.69 bits per heavy atom. The quantitative estimate of drug-likeness (QED) is 0.251. The summed E-state index contributed by atoms with van der Waals surface area (Å²) >= 11 is 5.96. The van der Waals surface area contributed by atoms with Crippen molar-refractivity contribution in [1.29, 1.82) is 0 Å². The third-order valence-electron chi connectivity index (χ3n) is 7.12. The highest BCUT2D eigenvalue weighted by atomic mass is 127. The summed E-state index contributed by atoms with van der Waals surface area (Å²) in [5.74, 6) is 2.13. The molecular formula is C30H24I2N2O4S.